The van der Waals surface area contributed by atoms with Crippen LogP contribution in [0.3, 0.4) is 0 Å². The molecule has 536 valence electrons. The standard InChI is InChI=1S/C82H150NO8P/c1-3-5-7-9-11-13-15-17-19-21-23-25-27-29-31-33-35-36-37-38-39-40-41-42-43-44-45-47-49-51-53-55-57-59-61-63-65-67-69-71-73-75-82(85)91-80(79-90-92(86,87)89-77-76-83)78-88-81(84)74-72-70-68-66-64-62-60-58-56-54-52-50-48-46-34-32-30-28-26-24-22-20-18-16-14-12-10-8-6-4-2/h5,7,11,13,17,19,23,25,29,31,35-36,38-39,80H,3-4,6,8-10,12,14-16,18,20-22,24,26-28,30,32-34,37,40-79,83H2,1-2H3,(H,86,87)/b7-5-,13-11-,19-17-,25-23-,31-29-,36-35-,39-38-. The first-order valence-electron chi connectivity index (χ1n) is 39.6. The van der Waals surface area contributed by atoms with Crippen LogP contribution in [0.5, 0.6) is 0 Å². The molecular weight excluding hydrogens is 1160 g/mol. The average Bonchev–Trinajstić information content (AvgIpc) is 2.98. The number of phosphoric acid groups is 1. The minimum atomic E-state index is -4.40. The summed E-state index contributed by atoms with van der Waals surface area (Å²) in [4.78, 5) is 35.5. The van der Waals surface area contributed by atoms with Gasteiger partial charge < -0.3 is 20.1 Å². The largest absolute Gasteiger partial charge is 0.472 e. The Bertz CT molecular complexity index is 1790. The van der Waals surface area contributed by atoms with Gasteiger partial charge in [-0.3, -0.25) is 18.6 Å². The minimum Gasteiger partial charge on any atom is -0.462 e. The van der Waals surface area contributed by atoms with Crippen molar-refractivity contribution in [2.24, 2.45) is 5.73 Å². The van der Waals surface area contributed by atoms with Crippen molar-refractivity contribution in [3.8, 4) is 0 Å². The van der Waals surface area contributed by atoms with Crippen LogP contribution in [0.25, 0.3) is 0 Å². The fourth-order valence-corrected chi connectivity index (χ4v) is 12.5. The summed E-state index contributed by atoms with van der Waals surface area (Å²) in [6.45, 7) is 3.70. The van der Waals surface area contributed by atoms with E-state index in [1.54, 1.807) is 0 Å². The Balaban J connectivity index is 3.79. The van der Waals surface area contributed by atoms with Gasteiger partial charge in [0.2, 0.25) is 0 Å². The maximum absolute atomic E-state index is 12.8. The molecule has 10 heteroatoms. The van der Waals surface area contributed by atoms with Crippen LogP contribution in [0.4, 0.5) is 0 Å². The molecule has 92 heavy (non-hydrogen) atoms. The third-order valence-corrected chi connectivity index (χ3v) is 18.5. The zero-order chi connectivity index (χ0) is 66.5. The number of esters is 2. The summed E-state index contributed by atoms with van der Waals surface area (Å²) >= 11 is 0. The van der Waals surface area contributed by atoms with Gasteiger partial charge in [-0.05, 0) is 70.6 Å². The zero-order valence-corrected chi connectivity index (χ0v) is 61.4. The SMILES string of the molecule is CC/C=C\C/C=C\C/C=C\C/C=C\C/C=C\C/C=C\C/C=C\CCCCCCCCCCCCCCCCCCCCCC(=O)OC(COC(=O)CCCCCCCCCCCCCCCCCCCCCCCCCCCCCCCC)COP(=O)(O)OCCN. The van der Waals surface area contributed by atoms with Gasteiger partial charge in [0, 0.05) is 19.4 Å². The molecule has 0 rings (SSSR count). The summed E-state index contributed by atoms with van der Waals surface area (Å²) in [6, 6.07) is 0. The molecule has 0 heterocycles. The fourth-order valence-electron chi connectivity index (χ4n) is 11.7. The molecule has 0 spiro atoms. The molecule has 0 aliphatic rings. The molecular formula is C82H150NO8P. The first-order valence-corrected chi connectivity index (χ1v) is 41.1. The monoisotopic (exact) mass is 1310 g/mol. The number of hydrogen-bond donors (Lipinski definition) is 2. The molecule has 0 bridgehead atoms. The van der Waals surface area contributed by atoms with Gasteiger partial charge in [-0.15, -0.1) is 0 Å². The summed E-state index contributed by atoms with van der Waals surface area (Å²) in [5.41, 5.74) is 5.41. The second kappa shape index (κ2) is 77.2. The number of ether oxygens (including phenoxy) is 2. The predicted molar refractivity (Wildman–Crippen MR) is 399 cm³/mol. The lowest BCUT2D eigenvalue weighted by atomic mass is 10.0. The summed E-state index contributed by atoms with van der Waals surface area (Å²) in [5, 5.41) is 0. The second-order valence-corrected chi connectivity index (χ2v) is 28.0. The van der Waals surface area contributed by atoms with Crippen LogP contribution in [0, 0.1) is 0 Å². The highest BCUT2D eigenvalue weighted by molar-refractivity contribution is 7.47. The molecule has 0 aromatic heterocycles. The summed E-state index contributed by atoms with van der Waals surface area (Å²) in [7, 11) is -4.40. The second-order valence-electron chi connectivity index (χ2n) is 26.6. The summed E-state index contributed by atoms with van der Waals surface area (Å²) in [6.07, 6.45) is 104. The Morgan fingerprint density at radius 1 is 0.337 bits per heavy atom. The van der Waals surface area contributed by atoms with Gasteiger partial charge in [-0.25, -0.2) is 4.57 Å². The van der Waals surface area contributed by atoms with Crippen molar-refractivity contribution in [1.29, 1.82) is 0 Å². The lowest BCUT2D eigenvalue weighted by Gasteiger charge is -2.19. The van der Waals surface area contributed by atoms with Crippen LogP contribution in [0.15, 0.2) is 85.1 Å². The van der Waals surface area contributed by atoms with Crippen molar-refractivity contribution in [2.45, 2.75) is 399 Å². The van der Waals surface area contributed by atoms with Crippen LogP contribution < -0.4 is 5.73 Å². The van der Waals surface area contributed by atoms with Crippen molar-refractivity contribution >= 4 is 19.8 Å². The van der Waals surface area contributed by atoms with Crippen LogP contribution in [-0.4, -0.2) is 49.3 Å². The maximum atomic E-state index is 12.8. The van der Waals surface area contributed by atoms with E-state index < -0.39 is 26.5 Å². The fraction of sp³-hybridized carbons (Fsp3) is 0.805. The smallest absolute Gasteiger partial charge is 0.462 e. The van der Waals surface area contributed by atoms with E-state index in [-0.39, 0.29) is 38.6 Å². The van der Waals surface area contributed by atoms with E-state index in [1.807, 2.05) is 0 Å². The minimum absolute atomic E-state index is 0.0544. The Morgan fingerprint density at radius 3 is 0.891 bits per heavy atom. The Morgan fingerprint density at radius 2 is 0.598 bits per heavy atom. The van der Waals surface area contributed by atoms with E-state index >= 15 is 0 Å². The predicted octanol–water partition coefficient (Wildman–Crippen LogP) is 26.5. The summed E-state index contributed by atoms with van der Waals surface area (Å²) in [5.74, 6) is -0.806. The van der Waals surface area contributed by atoms with Crippen LogP contribution in [-0.2, 0) is 32.7 Å². The van der Waals surface area contributed by atoms with Gasteiger partial charge in [0.25, 0.3) is 0 Å². The van der Waals surface area contributed by atoms with Crippen LogP contribution in [0.2, 0.25) is 0 Å². The molecule has 0 radical (unpaired) electrons. The van der Waals surface area contributed by atoms with Gasteiger partial charge in [-0.1, -0.05) is 394 Å². The Kier molecular flexibility index (Phi) is 74.8. The lowest BCUT2D eigenvalue weighted by molar-refractivity contribution is -0.161. The lowest BCUT2D eigenvalue weighted by Crippen LogP contribution is -2.29. The quantitative estimate of drug-likeness (QED) is 0.0264. The highest BCUT2D eigenvalue weighted by Gasteiger charge is 2.26. The van der Waals surface area contributed by atoms with Gasteiger partial charge in [0.15, 0.2) is 6.10 Å². The van der Waals surface area contributed by atoms with Crippen molar-refractivity contribution in [3.63, 3.8) is 0 Å². The van der Waals surface area contributed by atoms with E-state index in [0.29, 0.717) is 6.42 Å². The van der Waals surface area contributed by atoms with Gasteiger partial charge in [0.05, 0.1) is 13.2 Å². The van der Waals surface area contributed by atoms with Crippen molar-refractivity contribution in [1.82, 2.24) is 0 Å². The third-order valence-electron chi connectivity index (χ3n) is 17.5. The molecule has 0 amide bonds. The topological polar surface area (TPSA) is 134 Å². The van der Waals surface area contributed by atoms with E-state index in [2.05, 4.69) is 98.9 Å². The average molecular weight is 1310 g/mol. The number of nitrogens with two attached hydrogens (primary N) is 1. The van der Waals surface area contributed by atoms with Crippen LogP contribution >= 0.6 is 7.82 Å². The van der Waals surface area contributed by atoms with Gasteiger partial charge >= 0.3 is 19.8 Å². The van der Waals surface area contributed by atoms with Crippen LogP contribution in [0.1, 0.15) is 393 Å². The molecule has 0 aromatic rings. The molecule has 0 aliphatic heterocycles. The number of hydrogen-bond acceptors (Lipinski definition) is 8. The molecule has 9 nitrogen and oxygen atoms in total. The van der Waals surface area contributed by atoms with Gasteiger partial charge in [0.1, 0.15) is 6.61 Å². The first kappa shape index (κ1) is 89.2. The van der Waals surface area contributed by atoms with Crippen molar-refractivity contribution in [3.05, 3.63) is 85.1 Å². The number of unbranched alkanes of at least 4 members (excludes halogenated alkanes) is 48. The highest BCUT2D eigenvalue weighted by atomic mass is 31.2. The molecule has 0 aromatic carbocycles. The Labute approximate surface area is 570 Å². The van der Waals surface area contributed by atoms with E-state index in [1.165, 1.54) is 283 Å². The number of carbonyl (C=O) groups excluding carboxylic acids is 2. The molecule has 0 fully saturated rings. The van der Waals surface area contributed by atoms with E-state index in [9.17, 15) is 19.0 Å². The number of allylic oxidation sites excluding steroid dienone is 14. The molecule has 0 saturated carbocycles. The number of phosphoric ester groups is 1. The van der Waals surface area contributed by atoms with E-state index in [4.69, 9.17) is 24.3 Å². The van der Waals surface area contributed by atoms with Crippen molar-refractivity contribution < 1.29 is 37.6 Å². The summed E-state index contributed by atoms with van der Waals surface area (Å²) < 4.78 is 33.3. The number of rotatable bonds is 75. The molecule has 2 unspecified atom stereocenters. The molecule has 0 aliphatic carbocycles. The maximum Gasteiger partial charge on any atom is 0.472 e. The van der Waals surface area contributed by atoms with E-state index in [0.717, 1.165) is 77.0 Å². The van der Waals surface area contributed by atoms with Gasteiger partial charge in [-0.2, -0.15) is 0 Å². The highest BCUT2D eigenvalue weighted by Crippen LogP contribution is 2.43. The van der Waals surface area contributed by atoms with Crippen molar-refractivity contribution in [2.75, 3.05) is 26.4 Å². The first-order chi connectivity index (χ1) is 45.3. The molecule has 0 saturated heterocycles. The third kappa shape index (κ3) is 76.2. The normalized spacial score (nSPS) is 13.3. The molecule has 3 N–H and O–H groups in total. The Hall–Kier alpha value is -2.81. The zero-order valence-electron chi connectivity index (χ0n) is 60.5. The number of carbonyl (C=O) groups is 2. The molecule has 2 atom stereocenters.